The summed E-state index contributed by atoms with van der Waals surface area (Å²) in [5.41, 5.74) is 5.76. The van der Waals surface area contributed by atoms with Crippen molar-refractivity contribution in [1.82, 2.24) is 25.4 Å². The number of hydrogen-bond donors (Lipinski definition) is 5. The van der Waals surface area contributed by atoms with Crippen molar-refractivity contribution < 1.29 is 5.11 Å². The largest absolute Gasteiger partial charge is 0.381 e. The molecule has 5 aromatic rings. The lowest BCUT2D eigenvalue weighted by atomic mass is 10.0. The van der Waals surface area contributed by atoms with Gasteiger partial charge >= 0.3 is 0 Å². The van der Waals surface area contributed by atoms with Crippen LogP contribution in [0, 0.1) is 0 Å². The predicted molar refractivity (Wildman–Crippen MR) is 134 cm³/mol. The molecule has 1 fully saturated rings. The SMILES string of the molecule is OC(Nc1ccnnc1)c1cc2ccc(N3CCCC(Nc4ccc5[nH]ncc5c4)C3)cc2[nH]1. The Balaban J connectivity index is 1.16. The van der Waals surface area contributed by atoms with E-state index in [4.69, 9.17) is 0 Å². The van der Waals surface area contributed by atoms with Crippen LogP contribution in [0.4, 0.5) is 17.1 Å². The molecule has 0 spiro atoms. The lowest BCUT2D eigenvalue weighted by Crippen LogP contribution is -2.42. The molecule has 6 rings (SSSR count). The van der Waals surface area contributed by atoms with Gasteiger partial charge in [0, 0.05) is 41.4 Å². The van der Waals surface area contributed by atoms with Crippen LogP contribution < -0.4 is 15.5 Å². The normalized spacial score (nSPS) is 17.2. The number of benzene rings is 2. The molecule has 9 nitrogen and oxygen atoms in total. The van der Waals surface area contributed by atoms with Gasteiger partial charge in [0.2, 0.25) is 0 Å². The molecule has 2 atom stereocenters. The van der Waals surface area contributed by atoms with Crippen LogP contribution in [0.3, 0.4) is 0 Å². The summed E-state index contributed by atoms with van der Waals surface area (Å²) in [5, 5.41) is 34.2. The molecular weight excluding hydrogens is 428 g/mol. The number of fused-ring (bicyclic) bond motifs is 2. The van der Waals surface area contributed by atoms with Crippen molar-refractivity contribution >= 4 is 38.9 Å². The molecule has 0 bridgehead atoms. The predicted octanol–water partition coefficient (Wildman–Crippen LogP) is 4.02. The van der Waals surface area contributed by atoms with E-state index in [1.54, 1.807) is 18.5 Å². The maximum absolute atomic E-state index is 10.6. The van der Waals surface area contributed by atoms with Gasteiger partial charge in [0.05, 0.1) is 35.5 Å². The Labute approximate surface area is 196 Å². The molecule has 0 saturated carbocycles. The van der Waals surface area contributed by atoms with Crippen molar-refractivity contribution in [3.8, 4) is 0 Å². The van der Waals surface area contributed by atoms with Crippen LogP contribution >= 0.6 is 0 Å². The quantitative estimate of drug-likeness (QED) is 0.246. The summed E-state index contributed by atoms with van der Waals surface area (Å²) in [6.07, 6.45) is 6.42. The molecular formula is C25H26N8O. The van der Waals surface area contributed by atoms with Gasteiger partial charge in [-0.1, -0.05) is 6.07 Å². The minimum absolute atomic E-state index is 0.369. The first kappa shape index (κ1) is 20.5. The molecule has 34 heavy (non-hydrogen) atoms. The van der Waals surface area contributed by atoms with Gasteiger partial charge in [-0.15, -0.1) is 0 Å². The monoisotopic (exact) mass is 454 g/mol. The number of H-pyrrole nitrogens is 2. The van der Waals surface area contributed by atoms with E-state index in [0.29, 0.717) is 17.4 Å². The summed E-state index contributed by atoms with van der Waals surface area (Å²) in [6, 6.07) is 16.9. The van der Waals surface area contributed by atoms with Crippen LogP contribution in [0.15, 0.2) is 67.1 Å². The summed E-state index contributed by atoms with van der Waals surface area (Å²) < 4.78 is 0. The zero-order valence-electron chi connectivity index (χ0n) is 18.6. The first-order valence-electron chi connectivity index (χ1n) is 11.5. The Bertz CT molecular complexity index is 1410. The van der Waals surface area contributed by atoms with Crippen molar-refractivity contribution in [2.24, 2.45) is 0 Å². The highest BCUT2D eigenvalue weighted by atomic mass is 16.3. The van der Waals surface area contributed by atoms with Crippen molar-refractivity contribution in [1.29, 1.82) is 0 Å². The minimum atomic E-state index is -0.865. The highest BCUT2D eigenvalue weighted by molar-refractivity contribution is 5.84. The zero-order chi connectivity index (χ0) is 22.9. The number of aliphatic hydroxyl groups excluding tert-OH is 1. The van der Waals surface area contributed by atoms with E-state index < -0.39 is 6.23 Å². The number of hydrogen-bond acceptors (Lipinski definition) is 7. The Morgan fingerprint density at radius 3 is 2.85 bits per heavy atom. The number of aromatic amines is 2. The lowest BCUT2D eigenvalue weighted by molar-refractivity contribution is 0.204. The van der Waals surface area contributed by atoms with E-state index in [1.165, 1.54) is 5.69 Å². The van der Waals surface area contributed by atoms with E-state index >= 15 is 0 Å². The number of nitrogens with one attached hydrogen (secondary N) is 4. The second-order valence-corrected chi connectivity index (χ2v) is 8.78. The highest BCUT2D eigenvalue weighted by Gasteiger charge is 2.21. The van der Waals surface area contributed by atoms with Gasteiger partial charge in [0.1, 0.15) is 0 Å². The molecule has 9 heteroatoms. The van der Waals surface area contributed by atoms with Gasteiger partial charge in [-0.2, -0.15) is 15.3 Å². The Morgan fingerprint density at radius 1 is 0.971 bits per heavy atom. The molecule has 172 valence electrons. The second kappa shape index (κ2) is 8.68. The molecule has 4 heterocycles. The maximum Gasteiger partial charge on any atom is 0.165 e. The van der Waals surface area contributed by atoms with Crippen LogP contribution in [0.5, 0.6) is 0 Å². The fourth-order valence-corrected chi connectivity index (χ4v) is 4.69. The van der Waals surface area contributed by atoms with Gasteiger partial charge < -0.3 is 25.6 Å². The van der Waals surface area contributed by atoms with Crippen molar-refractivity contribution in [3.63, 3.8) is 0 Å². The molecule has 2 unspecified atom stereocenters. The van der Waals surface area contributed by atoms with E-state index in [1.807, 2.05) is 12.3 Å². The first-order valence-corrected chi connectivity index (χ1v) is 11.5. The Kier molecular flexibility index (Phi) is 5.23. The van der Waals surface area contributed by atoms with Crippen LogP contribution in [0.25, 0.3) is 21.8 Å². The van der Waals surface area contributed by atoms with Crippen LogP contribution in [-0.2, 0) is 0 Å². The van der Waals surface area contributed by atoms with E-state index in [9.17, 15) is 5.11 Å². The third-order valence-corrected chi connectivity index (χ3v) is 6.41. The number of aromatic nitrogens is 5. The summed E-state index contributed by atoms with van der Waals surface area (Å²) >= 11 is 0. The molecule has 0 amide bonds. The third kappa shape index (κ3) is 4.13. The molecule has 1 aliphatic rings. The minimum Gasteiger partial charge on any atom is -0.381 e. The fraction of sp³-hybridized carbons (Fsp3) is 0.240. The maximum atomic E-state index is 10.6. The van der Waals surface area contributed by atoms with Crippen molar-refractivity contribution in [2.75, 3.05) is 28.6 Å². The average Bonchev–Trinajstić information content (AvgIpc) is 3.51. The summed E-state index contributed by atoms with van der Waals surface area (Å²) in [5.74, 6) is 0. The van der Waals surface area contributed by atoms with Crippen molar-refractivity contribution in [2.45, 2.75) is 25.1 Å². The standard InChI is InChI=1S/C25H26N8O/c34-25(30-19-7-8-26-27-14-19)24-11-16-3-5-21(12-23(16)31-24)33-9-1-2-20(15-33)29-18-4-6-22-17(10-18)13-28-32-22/h3-8,10-14,20,25,29,31,34H,1-2,9,15H2,(H,26,30)(H,28,32). The summed E-state index contributed by atoms with van der Waals surface area (Å²) in [4.78, 5) is 5.79. The number of nitrogens with zero attached hydrogens (tertiary/aromatic N) is 4. The molecule has 1 saturated heterocycles. The van der Waals surface area contributed by atoms with Crippen LogP contribution in [0.1, 0.15) is 24.8 Å². The topological polar surface area (TPSA) is 118 Å². The second-order valence-electron chi connectivity index (χ2n) is 8.78. The van der Waals surface area contributed by atoms with Gasteiger partial charge in [-0.05, 0) is 60.7 Å². The number of rotatable bonds is 6. The molecule has 5 N–H and O–H groups in total. The summed E-state index contributed by atoms with van der Waals surface area (Å²) in [7, 11) is 0. The Morgan fingerprint density at radius 2 is 1.94 bits per heavy atom. The van der Waals surface area contributed by atoms with Gasteiger partial charge in [0.15, 0.2) is 6.23 Å². The van der Waals surface area contributed by atoms with Crippen LogP contribution in [-0.4, -0.2) is 49.6 Å². The summed E-state index contributed by atoms with van der Waals surface area (Å²) in [6.45, 7) is 1.96. The molecule has 3 aromatic heterocycles. The number of aliphatic hydroxyl groups is 1. The fourth-order valence-electron chi connectivity index (χ4n) is 4.69. The zero-order valence-corrected chi connectivity index (χ0v) is 18.6. The highest BCUT2D eigenvalue weighted by Crippen LogP contribution is 2.28. The molecule has 0 radical (unpaired) electrons. The van der Waals surface area contributed by atoms with E-state index in [2.05, 4.69) is 77.3 Å². The molecule has 1 aliphatic heterocycles. The third-order valence-electron chi connectivity index (χ3n) is 6.41. The smallest absolute Gasteiger partial charge is 0.165 e. The van der Waals surface area contributed by atoms with E-state index in [-0.39, 0.29) is 0 Å². The van der Waals surface area contributed by atoms with E-state index in [0.717, 1.165) is 53.4 Å². The van der Waals surface area contributed by atoms with Crippen LogP contribution in [0.2, 0.25) is 0 Å². The van der Waals surface area contributed by atoms with Gasteiger partial charge in [-0.25, -0.2) is 0 Å². The number of piperidine rings is 1. The average molecular weight is 455 g/mol. The number of anilines is 3. The molecule has 0 aliphatic carbocycles. The van der Waals surface area contributed by atoms with Gasteiger partial charge in [0.25, 0.3) is 0 Å². The molecule has 2 aromatic carbocycles. The lowest BCUT2D eigenvalue weighted by Gasteiger charge is -2.35. The van der Waals surface area contributed by atoms with Gasteiger partial charge in [-0.3, -0.25) is 5.10 Å². The van der Waals surface area contributed by atoms with Crippen molar-refractivity contribution in [3.05, 3.63) is 72.8 Å². The first-order chi connectivity index (χ1) is 16.7. The Hall–Kier alpha value is -4.11.